The fourth-order valence-electron chi connectivity index (χ4n) is 4.28. The fourth-order valence-corrected chi connectivity index (χ4v) is 4.28. The molecule has 25 heavy (non-hydrogen) atoms. The van der Waals surface area contributed by atoms with E-state index in [2.05, 4.69) is 5.32 Å². The molecule has 0 saturated carbocycles. The van der Waals surface area contributed by atoms with Gasteiger partial charge in [0, 0.05) is 44.7 Å². The first-order chi connectivity index (χ1) is 10.8. The molecule has 2 bridgehead atoms. The minimum atomic E-state index is -4.19. The Kier molecular flexibility index (Phi) is 8.31. The van der Waals surface area contributed by atoms with Crippen molar-refractivity contribution in [1.29, 1.82) is 0 Å². The molecule has 3 atom stereocenters. The number of amides is 1. The lowest BCUT2D eigenvalue weighted by molar-refractivity contribution is -0.183. The van der Waals surface area contributed by atoms with E-state index >= 15 is 0 Å². The number of carbonyl (C=O) groups excluding carboxylic acids is 1. The van der Waals surface area contributed by atoms with Crippen LogP contribution in [-0.2, 0) is 4.79 Å². The van der Waals surface area contributed by atoms with Crippen LogP contribution in [0.15, 0.2) is 0 Å². The summed E-state index contributed by atoms with van der Waals surface area (Å²) < 4.78 is 38.2. The zero-order valence-electron chi connectivity index (χ0n) is 14.4. The molecule has 0 radical (unpaired) electrons. The van der Waals surface area contributed by atoms with Crippen LogP contribution in [0.5, 0.6) is 0 Å². The summed E-state index contributed by atoms with van der Waals surface area (Å²) in [5.41, 5.74) is 0. The van der Waals surface area contributed by atoms with Crippen LogP contribution in [0.2, 0.25) is 0 Å². The molecule has 1 N–H and O–H groups in total. The molecular formula is C16H28Cl2F3N3O. The van der Waals surface area contributed by atoms with E-state index in [0.717, 1.165) is 12.8 Å². The van der Waals surface area contributed by atoms with E-state index in [-0.39, 0.29) is 30.7 Å². The number of nitrogens with one attached hydrogen (secondary N) is 1. The van der Waals surface area contributed by atoms with Gasteiger partial charge in [0.15, 0.2) is 0 Å². The topological polar surface area (TPSA) is 35.6 Å². The van der Waals surface area contributed by atoms with E-state index < -0.39 is 12.2 Å². The lowest BCUT2D eigenvalue weighted by Gasteiger charge is -2.39. The molecule has 3 rings (SSSR count). The largest absolute Gasteiger partial charge is 0.403 e. The van der Waals surface area contributed by atoms with Gasteiger partial charge in [0.05, 0.1) is 0 Å². The number of halogens is 5. The van der Waals surface area contributed by atoms with Gasteiger partial charge < -0.3 is 10.2 Å². The molecule has 3 fully saturated rings. The Hall–Kier alpha value is -0.240. The van der Waals surface area contributed by atoms with Crippen molar-refractivity contribution in [1.82, 2.24) is 15.1 Å². The average Bonchev–Trinajstić information content (AvgIpc) is 2.84. The van der Waals surface area contributed by atoms with E-state index in [9.17, 15) is 18.0 Å². The van der Waals surface area contributed by atoms with Crippen molar-refractivity contribution in [2.75, 3.05) is 26.2 Å². The second-order valence-electron chi connectivity index (χ2n) is 7.31. The standard InChI is InChI=1S/C16H26F3N3O.2ClH/c1-11(16(17,18)19)21-4-6-22(7-5-21)15(23)10-12-8-13-2-3-14(9-12)20-13;;/h11-14,20H,2-10H2,1H3;2*1H. The SMILES string of the molecule is CC(N1CCN(C(=O)CC2CC3CCC(C2)N3)CC1)C(F)(F)F.Cl.Cl. The van der Waals surface area contributed by atoms with Gasteiger partial charge in [-0.1, -0.05) is 0 Å². The molecule has 3 aliphatic rings. The summed E-state index contributed by atoms with van der Waals surface area (Å²) in [5.74, 6) is 0.559. The lowest BCUT2D eigenvalue weighted by atomic mass is 9.89. The number of hydrogen-bond donors (Lipinski definition) is 1. The molecule has 0 aliphatic carbocycles. The maximum atomic E-state index is 12.7. The van der Waals surface area contributed by atoms with E-state index in [1.54, 1.807) is 4.90 Å². The molecule has 0 aromatic carbocycles. The minimum absolute atomic E-state index is 0. The van der Waals surface area contributed by atoms with Crippen LogP contribution in [0.3, 0.4) is 0 Å². The number of alkyl halides is 3. The monoisotopic (exact) mass is 405 g/mol. The van der Waals surface area contributed by atoms with Gasteiger partial charge in [-0.3, -0.25) is 9.69 Å². The van der Waals surface area contributed by atoms with Gasteiger partial charge in [-0.2, -0.15) is 13.2 Å². The Bertz CT molecular complexity index is 433. The molecule has 0 aromatic heterocycles. The van der Waals surface area contributed by atoms with Crippen LogP contribution < -0.4 is 5.32 Å². The Labute approximate surface area is 159 Å². The van der Waals surface area contributed by atoms with Gasteiger partial charge in [-0.25, -0.2) is 0 Å². The van der Waals surface area contributed by atoms with Gasteiger partial charge in [-0.15, -0.1) is 24.8 Å². The van der Waals surface area contributed by atoms with Crippen LogP contribution >= 0.6 is 24.8 Å². The smallest absolute Gasteiger partial charge is 0.340 e. The Morgan fingerprint density at radius 3 is 2.08 bits per heavy atom. The van der Waals surface area contributed by atoms with E-state index in [1.165, 1.54) is 24.7 Å². The lowest BCUT2D eigenvalue weighted by Crippen LogP contribution is -2.55. The average molecular weight is 406 g/mol. The van der Waals surface area contributed by atoms with Crippen molar-refractivity contribution in [2.45, 2.75) is 63.3 Å². The van der Waals surface area contributed by atoms with Crippen LogP contribution in [0.1, 0.15) is 39.0 Å². The molecule has 1 amide bonds. The summed E-state index contributed by atoms with van der Waals surface area (Å²) in [6, 6.07) is -0.299. The van der Waals surface area contributed by atoms with Gasteiger partial charge in [0.2, 0.25) is 5.91 Å². The predicted molar refractivity (Wildman–Crippen MR) is 95.5 cm³/mol. The quantitative estimate of drug-likeness (QED) is 0.783. The molecule has 3 saturated heterocycles. The van der Waals surface area contributed by atoms with Gasteiger partial charge >= 0.3 is 6.18 Å². The highest BCUT2D eigenvalue weighted by Crippen LogP contribution is 2.33. The van der Waals surface area contributed by atoms with Crippen molar-refractivity contribution in [3.63, 3.8) is 0 Å². The Balaban J connectivity index is 0.00000156. The van der Waals surface area contributed by atoms with Crippen molar-refractivity contribution in [3.05, 3.63) is 0 Å². The first-order valence-corrected chi connectivity index (χ1v) is 8.67. The van der Waals surface area contributed by atoms with Gasteiger partial charge in [0.1, 0.15) is 6.04 Å². The maximum absolute atomic E-state index is 12.7. The van der Waals surface area contributed by atoms with Crippen molar-refractivity contribution >= 4 is 30.7 Å². The minimum Gasteiger partial charge on any atom is -0.340 e. The molecule has 3 unspecified atom stereocenters. The fraction of sp³-hybridized carbons (Fsp3) is 0.938. The highest BCUT2D eigenvalue weighted by molar-refractivity contribution is 5.85. The summed E-state index contributed by atoms with van der Waals surface area (Å²) in [5, 5.41) is 3.57. The predicted octanol–water partition coefficient (Wildman–Crippen LogP) is 2.85. The molecular weight excluding hydrogens is 378 g/mol. The number of piperidine rings is 1. The third kappa shape index (κ3) is 5.62. The van der Waals surface area contributed by atoms with Crippen LogP contribution in [0.4, 0.5) is 13.2 Å². The number of fused-ring (bicyclic) bond motifs is 2. The Morgan fingerprint density at radius 2 is 1.60 bits per heavy atom. The van der Waals surface area contributed by atoms with Crippen LogP contribution in [-0.4, -0.2) is 66.2 Å². The molecule has 148 valence electrons. The molecule has 3 heterocycles. The highest BCUT2D eigenvalue weighted by atomic mass is 35.5. The molecule has 0 spiro atoms. The number of piperazine rings is 1. The number of hydrogen-bond acceptors (Lipinski definition) is 3. The summed E-state index contributed by atoms with van der Waals surface area (Å²) in [4.78, 5) is 15.6. The number of rotatable bonds is 3. The molecule has 3 aliphatic heterocycles. The zero-order valence-corrected chi connectivity index (χ0v) is 16.1. The third-order valence-electron chi connectivity index (χ3n) is 5.72. The second kappa shape index (κ2) is 9.11. The first kappa shape index (κ1) is 22.8. The highest BCUT2D eigenvalue weighted by Gasteiger charge is 2.41. The van der Waals surface area contributed by atoms with Gasteiger partial charge in [0.25, 0.3) is 0 Å². The van der Waals surface area contributed by atoms with Crippen LogP contribution in [0, 0.1) is 5.92 Å². The van der Waals surface area contributed by atoms with Crippen molar-refractivity contribution < 1.29 is 18.0 Å². The van der Waals surface area contributed by atoms with E-state index in [0.29, 0.717) is 50.6 Å². The second-order valence-corrected chi connectivity index (χ2v) is 7.31. The summed E-state index contributed by atoms with van der Waals surface area (Å²) in [6.07, 6.45) is 0.914. The normalized spacial score (nSPS) is 31.0. The first-order valence-electron chi connectivity index (χ1n) is 8.67. The summed E-state index contributed by atoms with van der Waals surface area (Å²) >= 11 is 0. The summed E-state index contributed by atoms with van der Waals surface area (Å²) in [7, 11) is 0. The molecule has 4 nitrogen and oxygen atoms in total. The van der Waals surface area contributed by atoms with Crippen molar-refractivity contribution in [3.8, 4) is 0 Å². The Morgan fingerprint density at radius 1 is 1.08 bits per heavy atom. The number of nitrogens with zero attached hydrogens (tertiary/aromatic N) is 2. The zero-order chi connectivity index (χ0) is 16.6. The third-order valence-corrected chi connectivity index (χ3v) is 5.72. The van der Waals surface area contributed by atoms with E-state index in [1.807, 2.05) is 0 Å². The molecule has 0 aromatic rings. The number of carbonyl (C=O) groups is 1. The van der Waals surface area contributed by atoms with Crippen LogP contribution in [0.25, 0.3) is 0 Å². The summed E-state index contributed by atoms with van der Waals surface area (Å²) in [6.45, 7) is 2.64. The molecule has 9 heteroatoms. The van der Waals surface area contributed by atoms with E-state index in [4.69, 9.17) is 0 Å². The van der Waals surface area contributed by atoms with Gasteiger partial charge in [-0.05, 0) is 38.5 Å². The van der Waals surface area contributed by atoms with Crippen molar-refractivity contribution in [2.24, 2.45) is 5.92 Å². The maximum Gasteiger partial charge on any atom is 0.403 e.